The minimum absolute atomic E-state index is 0.0705. The molecule has 0 saturated carbocycles. The number of nitrogen functional groups attached to an aromatic ring is 1. The summed E-state index contributed by atoms with van der Waals surface area (Å²) in [5.74, 6) is -0.162. The number of benzene rings is 2. The number of anilines is 1. The zero-order chi connectivity index (χ0) is 22.7. The lowest BCUT2D eigenvalue weighted by Crippen LogP contribution is -2.42. The third-order valence-electron chi connectivity index (χ3n) is 6.87. The van der Waals surface area contributed by atoms with E-state index in [1.54, 1.807) is 17.4 Å². The number of ether oxygens (including phenoxy) is 1. The number of thiazole rings is 1. The second-order valence-electron chi connectivity index (χ2n) is 9.03. The van der Waals surface area contributed by atoms with Crippen LogP contribution >= 0.6 is 11.3 Å². The number of nitrogens with zero attached hydrogens (tertiary/aromatic N) is 3. The Hall–Kier alpha value is -3.10. The average Bonchev–Trinajstić information content (AvgIpc) is 3.48. The van der Waals surface area contributed by atoms with E-state index in [9.17, 15) is 4.79 Å². The molecule has 1 saturated heterocycles. The van der Waals surface area contributed by atoms with Gasteiger partial charge in [0.05, 0.1) is 46.1 Å². The third kappa shape index (κ3) is 3.36. The van der Waals surface area contributed by atoms with E-state index in [4.69, 9.17) is 10.5 Å². The number of aromatic nitrogens is 2. The van der Waals surface area contributed by atoms with Crippen molar-refractivity contribution in [3.8, 4) is 0 Å². The van der Waals surface area contributed by atoms with E-state index >= 15 is 4.39 Å². The standard InChI is InChI=1S/C25H23FN4O2S/c1-13-2-5-22(14-3-4-20-23(6-14)33-12-28-20)30(9-13)25(31)16-7-15-17-10-32-11-18(17)24(27)29-21(15)8-19(16)26/h3-4,6-8,12-13,22H,2,5,9-11H2,1H3,(H2,27,29)/t13-,22+/m0/s1. The summed E-state index contributed by atoms with van der Waals surface area (Å²) in [7, 11) is 0. The number of fused-ring (bicyclic) bond motifs is 4. The molecule has 2 aliphatic rings. The van der Waals surface area contributed by atoms with Crippen molar-refractivity contribution < 1.29 is 13.9 Å². The van der Waals surface area contributed by atoms with Crippen LogP contribution in [0.4, 0.5) is 10.2 Å². The van der Waals surface area contributed by atoms with Crippen molar-refractivity contribution in [3.63, 3.8) is 0 Å². The number of pyridine rings is 1. The van der Waals surface area contributed by atoms with E-state index < -0.39 is 5.82 Å². The monoisotopic (exact) mass is 462 g/mol. The Morgan fingerprint density at radius 3 is 2.91 bits per heavy atom. The Morgan fingerprint density at radius 2 is 2.03 bits per heavy atom. The van der Waals surface area contributed by atoms with Gasteiger partial charge in [0.1, 0.15) is 11.6 Å². The fourth-order valence-electron chi connectivity index (χ4n) is 5.11. The summed E-state index contributed by atoms with van der Waals surface area (Å²) in [4.78, 5) is 24.3. The van der Waals surface area contributed by atoms with Crippen LogP contribution < -0.4 is 5.73 Å². The smallest absolute Gasteiger partial charge is 0.257 e. The molecule has 4 heterocycles. The Morgan fingerprint density at radius 1 is 1.18 bits per heavy atom. The topological polar surface area (TPSA) is 81.3 Å². The molecule has 2 aromatic heterocycles. The number of likely N-dealkylation sites (tertiary alicyclic amines) is 1. The van der Waals surface area contributed by atoms with E-state index in [-0.39, 0.29) is 17.5 Å². The van der Waals surface area contributed by atoms with Crippen LogP contribution in [0.2, 0.25) is 0 Å². The summed E-state index contributed by atoms with van der Waals surface area (Å²) in [5.41, 5.74) is 12.1. The Balaban J connectivity index is 1.43. The summed E-state index contributed by atoms with van der Waals surface area (Å²) in [6.07, 6.45) is 1.86. The van der Waals surface area contributed by atoms with Crippen LogP contribution in [0, 0.1) is 11.7 Å². The molecule has 6 rings (SSSR count). The summed E-state index contributed by atoms with van der Waals surface area (Å²) in [5, 5.41) is 0.731. The van der Waals surface area contributed by atoms with Gasteiger partial charge in [-0.05, 0) is 48.1 Å². The first-order valence-corrected chi connectivity index (χ1v) is 12.0. The maximum Gasteiger partial charge on any atom is 0.257 e. The van der Waals surface area contributed by atoms with Crippen molar-refractivity contribution >= 4 is 44.2 Å². The van der Waals surface area contributed by atoms with Crippen molar-refractivity contribution in [1.29, 1.82) is 0 Å². The predicted octanol–water partition coefficient (Wildman–Crippen LogP) is 5.21. The number of rotatable bonds is 2. The molecule has 33 heavy (non-hydrogen) atoms. The number of carbonyl (C=O) groups excluding carboxylic acids is 1. The molecule has 4 aromatic rings. The second-order valence-corrected chi connectivity index (χ2v) is 9.92. The van der Waals surface area contributed by atoms with Gasteiger partial charge in [-0.3, -0.25) is 4.79 Å². The molecule has 2 atom stereocenters. The highest BCUT2D eigenvalue weighted by Gasteiger charge is 2.33. The largest absolute Gasteiger partial charge is 0.383 e. The molecule has 2 aliphatic heterocycles. The maximum absolute atomic E-state index is 15.2. The number of halogens is 1. The van der Waals surface area contributed by atoms with Gasteiger partial charge in [0.2, 0.25) is 0 Å². The van der Waals surface area contributed by atoms with Crippen LogP contribution in [0.15, 0.2) is 35.8 Å². The van der Waals surface area contributed by atoms with Crippen molar-refractivity contribution in [1.82, 2.24) is 14.9 Å². The van der Waals surface area contributed by atoms with E-state index in [0.717, 1.165) is 45.1 Å². The number of nitrogens with two attached hydrogens (primary N) is 1. The molecule has 1 amide bonds. The highest BCUT2D eigenvalue weighted by molar-refractivity contribution is 7.16. The van der Waals surface area contributed by atoms with Crippen LogP contribution in [0.5, 0.6) is 0 Å². The van der Waals surface area contributed by atoms with Crippen molar-refractivity contribution in [2.75, 3.05) is 12.3 Å². The Kier molecular flexibility index (Phi) is 4.81. The maximum atomic E-state index is 15.2. The molecule has 2 N–H and O–H groups in total. The molecule has 168 valence electrons. The van der Waals surface area contributed by atoms with Crippen molar-refractivity contribution in [2.24, 2.45) is 5.92 Å². The number of amides is 1. The van der Waals surface area contributed by atoms with Crippen molar-refractivity contribution in [2.45, 2.75) is 39.0 Å². The van der Waals surface area contributed by atoms with Crippen molar-refractivity contribution in [3.05, 3.63) is 63.9 Å². The number of piperidine rings is 1. The molecule has 0 spiro atoms. The first kappa shape index (κ1) is 20.5. The van der Waals surface area contributed by atoms with Gasteiger partial charge in [0.15, 0.2) is 0 Å². The third-order valence-corrected chi connectivity index (χ3v) is 7.66. The predicted molar refractivity (Wildman–Crippen MR) is 126 cm³/mol. The van der Waals surface area contributed by atoms with Gasteiger partial charge in [-0.1, -0.05) is 13.0 Å². The fraction of sp³-hybridized carbons (Fsp3) is 0.320. The first-order chi connectivity index (χ1) is 16.0. The van der Waals surface area contributed by atoms with Crippen LogP contribution in [0.1, 0.15) is 52.9 Å². The molecule has 0 radical (unpaired) electrons. The first-order valence-electron chi connectivity index (χ1n) is 11.1. The summed E-state index contributed by atoms with van der Waals surface area (Å²) in [6.45, 7) is 3.49. The Labute approximate surface area is 194 Å². The van der Waals surface area contributed by atoms with Gasteiger partial charge >= 0.3 is 0 Å². The summed E-state index contributed by atoms with van der Waals surface area (Å²) >= 11 is 1.58. The molecule has 1 fully saturated rings. The molecule has 0 aliphatic carbocycles. The molecule has 2 aromatic carbocycles. The van der Waals surface area contributed by atoms with Gasteiger partial charge in [-0.2, -0.15) is 0 Å². The highest BCUT2D eigenvalue weighted by atomic mass is 32.1. The zero-order valence-corrected chi connectivity index (χ0v) is 19.0. The minimum atomic E-state index is -0.576. The molecular weight excluding hydrogens is 439 g/mol. The lowest BCUT2D eigenvalue weighted by molar-refractivity contribution is 0.0540. The zero-order valence-electron chi connectivity index (χ0n) is 18.2. The van der Waals surface area contributed by atoms with Crippen LogP contribution in [-0.2, 0) is 18.0 Å². The Bertz CT molecular complexity index is 1420. The molecule has 8 heteroatoms. The molecule has 0 bridgehead atoms. The van der Waals surface area contributed by atoms with Gasteiger partial charge in [0, 0.05) is 23.6 Å². The fourth-order valence-corrected chi connectivity index (χ4v) is 5.84. The van der Waals surface area contributed by atoms with Gasteiger partial charge < -0.3 is 15.4 Å². The van der Waals surface area contributed by atoms with E-state index in [1.165, 1.54) is 6.07 Å². The number of carbonyl (C=O) groups is 1. The quantitative estimate of drug-likeness (QED) is 0.442. The molecule has 0 unspecified atom stereocenters. The lowest BCUT2D eigenvalue weighted by atomic mass is 9.89. The van der Waals surface area contributed by atoms with Crippen LogP contribution in [0.3, 0.4) is 0 Å². The van der Waals surface area contributed by atoms with Gasteiger partial charge in [0.25, 0.3) is 5.91 Å². The summed E-state index contributed by atoms with van der Waals surface area (Å²) < 4.78 is 21.9. The lowest BCUT2D eigenvalue weighted by Gasteiger charge is -2.39. The van der Waals surface area contributed by atoms with E-state index in [1.807, 2.05) is 22.5 Å². The average molecular weight is 463 g/mol. The molecular formula is C25H23FN4O2S. The summed E-state index contributed by atoms with van der Waals surface area (Å²) in [6, 6.07) is 9.00. The number of hydrogen-bond donors (Lipinski definition) is 1. The SMILES string of the molecule is C[C@H]1CC[C@H](c2ccc3ncsc3c2)N(C(=O)c2cc3c4c(c(N)nc3cc2F)COC4)C1. The normalized spacial score (nSPS) is 20.5. The van der Waals surface area contributed by atoms with E-state index in [0.29, 0.717) is 37.0 Å². The highest BCUT2D eigenvalue weighted by Crippen LogP contribution is 2.38. The van der Waals surface area contributed by atoms with Gasteiger partial charge in [-0.15, -0.1) is 11.3 Å². The minimum Gasteiger partial charge on any atom is -0.383 e. The second kappa shape index (κ2) is 7.74. The van der Waals surface area contributed by atoms with Crippen LogP contribution in [0.25, 0.3) is 21.1 Å². The number of hydrogen-bond acceptors (Lipinski definition) is 6. The van der Waals surface area contributed by atoms with Gasteiger partial charge in [-0.25, -0.2) is 14.4 Å². The molecule has 6 nitrogen and oxygen atoms in total. The van der Waals surface area contributed by atoms with Crippen LogP contribution in [-0.4, -0.2) is 27.3 Å². The van der Waals surface area contributed by atoms with E-state index in [2.05, 4.69) is 23.0 Å².